The molecule has 0 unspecified atom stereocenters. The second-order valence-electron chi connectivity index (χ2n) is 5.92. The van der Waals surface area contributed by atoms with Crippen LogP contribution in [0.4, 0.5) is 0 Å². The molecule has 120 valence electrons. The molecule has 5 heteroatoms. The summed E-state index contributed by atoms with van der Waals surface area (Å²) in [6, 6.07) is 12.2. The zero-order valence-electron chi connectivity index (χ0n) is 13.3. The quantitative estimate of drug-likeness (QED) is 0.842. The van der Waals surface area contributed by atoms with E-state index in [-0.39, 0.29) is 5.91 Å². The summed E-state index contributed by atoms with van der Waals surface area (Å²) in [4.78, 5) is 13.6. The number of furan rings is 1. The SMILES string of the molecule is Cc1occc1C(=O)NN=C1CC[NH+](Cc2ccccc2)CC1. The number of hydrogen-bond acceptors (Lipinski definition) is 3. The Balaban J connectivity index is 1.49. The van der Waals surface area contributed by atoms with Gasteiger partial charge in [0.2, 0.25) is 0 Å². The molecule has 1 aliphatic rings. The minimum Gasteiger partial charge on any atom is -0.469 e. The van der Waals surface area contributed by atoms with Crippen molar-refractivity contribution in [3.8, 4) is 0 Å². The number of likely N-dealkylation sites (tertiary alicyclic amines) is 1. The Hall–Kier alpha value is -2.40. The minimum atomic E-state index is -0.206. The van der Waals surface area contributed by atoms with Gasteiger partial charge in [0.05, 0.1) is 24.9 Å². The third-order valence-electron chi connectivity index (χ3n) is 4.25. The lowest BCUT2D eigenvalue weighted by molar-refractivity contribution is -0.914. The summed E-state index contributed by atoms with van der Waals surface area (Å²) >= 11 is 0. The highest BCUT2D eigenvalue weighted by Crippen LogP contribution is 2.08. The molecule has 1 fully saturated rings. The maximum atomic E-state index is 12.0. The van der Waals surface area contributed by atoms with E-state index in [4.69, 9.17) is 4.42 Å². The van der Waals surface area contributed by atoms with Crippen molar-refractivity contribution in [2.75, 3.05) is 13.1 Å². The van der Waals surface area contributed by atoms with Crippen molar-refractivity contribution in [1.29, 1.82) is 0 Å². The number of piperidine rings is 1. The second-order valence-corrected chi connectivity index (χ2v) is 5.92. The first kappa shape index (κ1) is 15.5. The topological polar surface area (TPSA) is 59.0 Å². The lowest BCUT2D eigenvalue weighted by Crippen LogP contribution is -3.11. The molecule has 0 bridgehead atoms. The van der Waals surface area contributed by atoms with E-state index < -0.39 is 0 Å². The van der Waals surface area contributed by atoms with Gasteiger partial charge < -0.3 is 9.32 Å². The highest BCUT2D eigenvalue weighted by Gasteiger charge is 2.19. The van der Waals surface area contributed by atoms with E-state index in [0.29, 0.717) is 11.3 Å². The number of hydrazone groups is 1. The van der Waals surface area contributed by atoms with E-state index in [1.54, 1.807) is 17.9 Å². The predicted molar refractivity (Wildman–Crippen MR) is 88.4 cm³/mol. The monoisotopic (exact) mass is 312 g/mol. The molecule has 1 amide bonds. The fourth-order valence-electron chi connectivity index (χ4n) is 2.88. The van der Waals surface area contributed by atoms with Gasteiger partial charge in [-0.2, -0.15) is 5.10 Å². The van der Waals surface area contributed by atoms with Crippen molar-refractivity contribution < 1.29 is 14.1 Å². The van der Waals surface area contributed by atoms with Gasteiger partial charge >= 0.3 is 0 Å². The van der Waals surface area contributed by atoms with Gasteiger partial charge in [0.1, 0.15) is 12.3 Å². The van der Waals surface area contributed by atoms with Crippen LogP contribution in [0.1, 0.15) is 34.5 Å². The Bertz CT molecular complexity index is 681. The minimum absolute atomic E-state index is 0.206. The number of hydrogen-bond donors (Lipinski definition) is 2. The van der Waals surface area contributed by atoms with Gasteiger partial charge in [-0.15, -0.1) is 0 Å². The van der Waals surface area contributed by atoms with Crippen molar-refractivity contribution >= 4 is 11.6 Å². The molecule has 1 aliphatic heterocycles. The summed E-state index contributed by atoms with van der Waals surface area (Å²) in [6.45, 7) is 4.92. The van der Waals surface area contributed by atoms with Crippen LogP contribution in [0.2, 0.25) is 0 Å². The van der Waals surface area contributed by atoms with Crippen molar-refractivity contribution in [3.05, 3.63) is 59.5 Å². The molecule has 2 aromatic rings. The van der Waals surface area contributed by atoms with E-state index in [2.05, 4.69) is 34.8 Å². The average Bonchev–Trinajstić information content (AvgIpc) is 3.01. The van der Waals surface area contributed by atoms with Crippen LogP contribution in [0.5, 0.6) is 0 Å². The van der Waals surface area contributed by atoms with Crippen LogP contribution in [-0.2, 0) is 6.54 Å². The van der Waals surface area contributed by atoms with Gasteiger partial charge in [0, 0.05) is 24.1 Å². The van der Waals surface area contributed by atoms with Crippen LogP contribution in [0.25, 0.3) is 0 Å². The number of nitrogens with zero attached hydrogens (tertiary/aromatic N) is 1. The van der Waals surface area contributed by atoms with Crippen LogP contribution in [0, 0.1) is 6.92 Å². The largest absolute Gasteiger partial charge is 0.469 e. The van der Waals surface area contributed by atoms with Crippen LogP contribution < -0.4 is 10.3 Å². The molecule has 0 aliphatic carbocycles. The maximum Gasteiger partial charge on any atom is 0.274 e. The molecule has 0 atom stereocenters. The summed E-state index contributed by atoms with van der Waals surface area (Å²) in [6.07, 6.45) is 3.36. The van der Waals surface area contributed by atoms with E-state index >= 15 is 0 Å². The number of quaternary nitrogens is 1. The van der Waals surface area contributed by atoms with Crippen molar-refractivity contribution in [2.24, 2.45) is 5.10 Å². The van der Waals surface area contributed by atoms with Crippen LogP contribution in [0.3, 0.4) is 0 Å². The van der Waals surface area contributed by atoms with Gasteiger partial charge in [-0.1, -0.05) is 30.3 Å². The molecule has 2 N–H and O–H groups in total. The molecular formula is C18H22N3O2+. The van der Waals surface area contributed by atoms with Crippen molar-refractivity contribution in [3.63, 3.8) is 0 Å². The number of carbonyl (C=O) groups excluding carboxylic acids is 1. The highest BCUT2D eigenvalue weighted by atomic mass is 16.3. The average molecular weight is 312 g/mol. The summed E-state index contributed by atoms with van der Waals surface area (Å²) in [7, 11) is 0. The molecule has 5 nitrogen and oxygen atoms in total. The fourth-order valence-corrected chi connectivity index (χ4v) is 2.88. The summed E-state index contributed by atoms with van der Waals surface area (Å²) in [5.74, 6) is 0.410. The number of benzene rings is 1. The Labute approximate surface area is 136 Å². The molecule has 3 rings (SSSR count). The highest BCUT2D eigenvalue weighted by molar-refractivity contribution is 5.96. The Morgan fingerprint density at radius 1 is 1.22 bits per heavy atom. The fraction of sp³-hybridized carbons (Fsp3) is 0.333. The normalized spacial score (nSPS) is 17.8. The zero-order chi connectivity index (χ0) is 16.1. The van der Waals surface area contributed by atoms with E-state index in [9.17, 15) is 4.79 Å². The molecule has 2 heterocycles. The van der Waals surface area contributed by atoms with E-state index in [1.807, 2.05) is 6.07 Å². The number of nitrogens with one attached hydrogen (secondary N) is 2. The van der Waals surface area contributed by atoms with Gasteiger partial charge in [0.15, 0.2) is 0 Å². The maximum absolute atomic E-state index is 12.0. The smallest absolute Gasteiger partial charge is 0.274 e. The molecule has 0 saturated carbocycles. The van der Waals surface area contributed by atoms with Crippen LogP contribution >= 0.6 is 0 Å². The third-order valence-corrected chi connectivity index (χ3v) is 4.25. The molecular weight excluding hydrogens is 290 g/mol. The first-order valence-electron chi connectivity index (χ1n) is 8.00. The number of amides is 1. The third kappa shape index (κ3) is 4.07. The Morgan fingerprint density at radius 2 is 1.96 bits per heavy atom. The molecule has 0 spiro atoms. The Kier molecular flexibility index (Phi) is 4.88. The second kappa shape index (κ2) is 7.24. The zero-order valence-corrected chi connectivity index (χ0v) is 13.3. The number of rotatable bonds is 4. The Morgan fingerprint density at radius 3 is 2.61 bits per heavy atom. The summed E-state index contributed by atoms with van der Waals surface area (Å²) < 4.78 is 5.14. The molecule has 1 aromatic carbocycles. The van der Waals surface area contributed by atoms with Crippen LogP contribution in [-0.4, -0.2) is 24.7 Å². The van der Waals surface area contributed by atoms with E-state index in [1.165, 1.54) is 11.8 Å². The summed E-state index contributed by atoms with van der Waals surface area (Å²) in [5, 5.41) is 4.28. The predicted octanol–water partition coefficient (Wildman–Crippen LogP) is 1.55. The van der Waals surface area contributed by atoms with Crippen LogP contribution in [0.15, 0.2) is 52.2 Å². The van der Waals surface area contributed by atoms with Gasteiger partial charge in [-0.05, 0) is 13.0 Å². The van der Waals surface area contributed by atoms with Gasteiger partial charge in [-0.25, -0.2) is 5.43 Å². The first-order valence-corrected chi connectivity index (χ1v) is 8.00. The lowest BCUT2D eigenvalue weighted by Gasteiger charge is -2.24. The molecule has 0 radical (unpaired) electrons. The van der Waals surface area contributed by atoms with Gasteiger partial charge in [0.25, 0.3) is 5.91 Å². The van der Waals surface area contributed by atoms with Crippen molar-refractivity contribution in [2.45, 2.75) is 26.3 Å². The first-order chi connectivity index (χ1) is 11.2. The van der Waals surface area contributed by atoms with E-state index in [0.717, 1.165) is 38.2 Å². The number of aryl methyl sites for hydroxylation is 1. The molecule has 1 aromatic heterocycles. The molecule has 23 heavy (non-hydrogen) atoms. The lowest BCUT2D eigenvalue weighted by atomic mass is 10.1. The summed E-state index contributed by atoms with van der Waals surface area (Å²) in [5.41, 5.74) is 5.62. The van der Waals surface area contributed by atoms with Crippen molar-refractivity contribution in [1.82, 2.24) is 5.43 Å². The number of carbonyl (C=O) groups is 1. The van der Waals surface area contributed by atoms with Gasteiger partial charge in [-0.3, -0.25) is 4.79 Å². The standard InChI is InChI=1S/C18H21N3O2/c1-14-17(9-12-23-14)18(22)20-19-16-7-10-21(11-8-16)13-15-5-3-2-4-6-15/h2-6,9,12H,7-8,10-11,13H2,1H3,(H,20,22)/p+1. The molecule has 1 saturated heterocycles.